The first-order valence-corrected chi connectivity index (χ1v) is 6.60. The molecule has 1 saturated heterocycles. The zero-order chi connectivity index (χ0) is 12.1. The van der Waals surface area contributed by atoms with E-state index in [0.717, 1.165) is 30.9 Å². The Balaban J connectivity index is 1.83. The molecule has 1 atom stereocenters. The van der Waals surface area contributed by atoms with Gasteiger partial charge in [0, 0.05) is 19.4 Å². The van der Waals surface area contributed by atoms with E-state index in [1.165, 1.54) is 25.9 Å². The molecule has 1 aliphatic rings. The number of hydrogen-bond acceptors (Lipinski definition) is 4. The fourth-order valence-electron chi connectivity index (χ4n) is 2.52. The van der Waals surface area contributed by atoms with Gasteiger partial charge in [0.1, 0.15) is 5.76 Å². The van der Waals surface area contributed by atoms with Crippen LogP contribution in [0, 0.1) is 5.92 Å². The lowest BCUT2D eigenvalue weighted by Crippen LogP contribution is -2.33. The Hall–Kier alpha value is -0.870. The summed E-state index contributed by atoms with van der Waals surface area (Å²) in [7, 11) is 2.19. The molecule has 0 aliphatic carbocycles. The minimum Gasteiger partial charge on any atom is -0.446 e. The van der Waals surface area contributed by atoms with Crippen molar-refractivity contribution >= 4 is 0 Å². The van der Waals surface area contributed by atoms with Gasteiger partial charge in [-0.3, -0.25) is 0 Å². The second-order valence-electron chi connectivity index (χ2n) is 5.09. The van der Waals surface area contributed by atoms with Crippen LogP contribution < -0.4 is 5.73 Å². The molecule has 4 heteroatoms. The highest BCUT2D eigenvalue weighted by molar-refractivity contribution is 4.96. The lowest BCUT2D eigenvalue weighted by atomic mass is 9.95. The van der Waals surface area contributed by atoms with Crippen molar-refractivity contribution in [2.45, 2.75) is 32.1 Å². The Morgan fingerprint density at radius 2 is 2.47 bits per heavy atom. The predicted octanol–water partition coefficient (Wildman–Crippen LogP) is 1.45. The number of piperidine rings is 1. The Kier molecular flexibility index (Phi) is 4.57. The molecule has 2 N–H and O–H groups in total. The standard InChI is InChI=1S/C13H23N3O/c1-16-7-3-4-11(10-16)8-13-15-9-12(17-13)5-2-6-14/h9,11H,2-8,10,14H2,1H3. The summed E-state index contributed by atoms with van der Waals surface area (Å²) in [6.45, 7) is 3.10. The number of nitrogens with two attached hydrogens (primary N) is 1. The van der Waals surface area contributed by atoms with Crippen molar-refractivity contribution in [3.8, 4) is 0 Å². The molecule has 1 aromatic rings. The molecule has 0 spiro atoms. The van der Waals surface area contributed by atoms with Crippen molar-refractivity contribution in [1.29, 1.82) is 0 Å². The Bertz CT molecular complexity index is 337. The van der Waals surface area contributed by atoms with Crippen molar-refractivity contribution in [3.63, 3.8) is 0 Å². The van der Waals surface area contributed by atoms with Gasteiger partial charge in [-0.1, -0.05) is 0 Å². The van der Waals surface area contributed by atoms with E-state index in [1.807, 2.05) is 6.20 Å². The normalized spacial score (nSPS) is 21.9. The van der Waals surface area contributed by atoms with Gasteiger partial charge in [0.25, 0.3) is 0 Å². The van der Waals surface area contributed by atoms with Gasteiger partial charge in [-0.25, -0.2) is 4.98 Å². The molecule has 1 unspecified atom stereocenters. The van der Waals surface area contributed by atoms with Gasteiger partial charge in [-0.2, -0.15) is 0 Å². The summed E-state index contributed by atoms with van der Waals surface area (Å²) in [5.41, 5.74) is 5.48. The summed E-state index contributed by atoms with van der Waals surface area (Å²) in [5, 5.41) is 0. The molecule has 96 valence electrons. The summed E-state index contributed by atoms with van der Waals surface area (Å²) < 4.78 is 5.74. The number of aromatic nitrogens is 1. The maximum absolute atomic E-state index is 5.74. The Morgan fingerprint density at radius 3 is 3.24 bits per heavy atom. The van der Waals surface area contributed by atoms with E-state index in [0.29, 0.717) is 12.5 Å². The van der Waals surface area contributed by atoms with Crippen LogP contribution in [0.5, 0.6) is 0 Å². The Morgan fingerprint density at radius 1 is 1.59 bits per heavy atom. The topological polar surface area (TPSA) is 55.3 Å². The van der Waals surface area contributed by atoms with Crippen molar-refractivity contribution < 1.29 is 4.42 Å². The smallest absolute Gasteiger partial charge is 0.194 e. The largest absolute Gasteiger partial charge is 0.446 e. The average molecular weight is 237 g/mol. The average Bonchev–Trinajstić information content (AvgIpc) is 2.74. The molecule has 1 aliphatic heterocycles. The summed E-state index contributed by atoms with van der Waals surface area (Å²) in [4.78, 5) is 6.76. The summed E-state index contributed by atoms with van der Waals surface area (Å²) in [6, 6.07) is 0. The van der Waals surface area contributed by atoms with Crippen LogP contribution in [0.2, 0.25) is 0 Å². The molecule has 2 rings (SSSR count). The summed E-state index contributed by atoms with van der Waals surface area (Å²) in [6.07, 6.45) is 7.31. The fourth-order valence-corrected chi connectivity index (χ4v) is 2.52. The lowest BCUT2D eigenvalue weighted by Gasteiger charge is -2.28. The van der Waals surface area contributed by atoms with Gasteiger partial charge < -0.3 is 15.1 Å². The second-order valence-corrected chi connectivity index (χ2v) is 5.09. The number of aryl methyl sites for hydroxylation is 1. The van der Waals surface area contributed by atoms with Crippen LogP contribution in [0.15, 0.2) is 10.6 Å². The highest BCUT2D eigenvalue weighted by Crippen LogP contribution is 2.20. The van der Waals surface area contributed by atoms with Gasteiger partial charge in [-0.15, -0.1) is 0 Å². The molecule has 0 amide bonds. The van der Waals surface area contributed by atoms with Crippen LogP contribution in [0.25, 0.3) is 0 Å². The van der Waals surface area contributed by atoms with Gasteiger partial charge in [-0.05, 0) is 45.3 Å². The van der Waals surface area contributed by atoms with Crippen LogP contribution in [-0.4, -0.2) is 36.6 Å². The maximum Gasteiger partial charge on any atom is 0.194 e. The number of hydrogen-bond donors (Lipinski definition) is 1. The summed E-state index contributed by atoms with van der Waals surface area (Å²) in [5.74, 6) is 2.58. The third-order valence-corrected chi connectivity index (χ3v) is 3.41. The molecule has 2 heterocycles. The molecular weight excluding hydrogens is 214 g/mol. The molecular formula is C13H23N3O. The molecule has 1 aromatic heterocycles. The highest BCUT2D eigenvalue weighted by Gasteiger charge is 2.19. The van der Waals surface area contributed by atoms with Crippen molar-refractivity contribution in [3.05, 3.63) is 17.8 Å². The molecule has 0 saturated carbocycles. The van der Waals surface area contributed by atoms with E-state index in [2.05, 4.69) is 16.9 Å². The maximum atomic E-state index is 5.74. The first-order chi connectivity index (χ1) is 8.28. The van der Waals surface area contributed by atoms with Crippen LogP contribution in [-0.2, 0) is 12.8 Å². The molecule has 1 fully saturated rings. The SMILES string of the molecule is CN1CCCC(Cc2ncc(CCCN)o2)C1. The minimum absolute atomic E-state index is 0.703. The zero-order valence-corrected chi connectivity index (χ0v) is 10.7. The molecule has 17 heavy (non-hydrogen) atoms. The first-order valence-electron chi connectivity index (χ1n) is 6.60. The Labute approximate surface area is 103 Å². The number of oxazole rings is 1. The van der Waals surface area contributed by atoms with Gasteiger partial charge in [0.2, 0.25) is 0 Å². The lowest BCUT2D eigenvalue weighted by molar-refractivity contribution is 0.201. The third-order valence-electron chi connectivity index (χ3n) is 3.41. The van der Waals surface area contributed by atoms with Crippen LogP contribution in [0.3, 0.4) is 0 Å². The van der Waals surface area contributed by atoms with E-state index < -0.39 is 0 Å². The van der Waals surface area contributed by atoms with E-state index in [4.69, 9.17) is 10.2 Å². The van der Waals surface area contributed by atoms with Gasteiger partial charge in [0.15, 0.2) is 5.89 Å². The quantitative estimate of drug-likeness (QED) is 0.842. The van der Waals surface area contributed by atoms with Crippen LogP contribution in [0.1, 0.15) is 30.9 Å². The van der Waals surface area contributed by atoms with Gasteiger partial charge in [0.05, 0.1) is 6.20 Å². The molecule has 0 radical (unpaired) electrons. The monoisotopic (exact) mass is 237 g/mol. The molecule has 0 aromatic carbocycles. The van der Waals surface area contributed by atoms with E-state index in [1.54, 1.807) is 0 Å². The van der Waals surface area contributed by atoms with Crippen LogP contribution in [0.4, 0.5) is 0 Å². The van der Waals surface area contributed by atoms with E-state index in [9.17, 15) is 0 Å². The molecule has 4 nitrogen and oxygen atoms in total. The second kappa shape index (κ2) is 6.17. The zero-order valence-electron chi connectivity index (χ0n) is 10.7. The molecule has 0 bridgehead atoms. The predicted molar refractivity (Wildman–Crippen MR) is 67.8 cm³/mol. The number of nitrogens with zero attached hydrogens (tertiary/aromatic N) is 2. The van der Waals surface area contributed by atoms with Crippen LogP contribution >= 0.6 is 0 Å². The third kappa shape index (κ3) is 3.82. The van der Waals surface area contributed by atoms with Crippen molar-refractivity contribution in [1.82, 2.24) is 9.88 Å². The summed E-state index contributed by atoms with van der Waals surface area (Å²) >= 11 is 0. The number of likely N-dealkylation sites (tertiary alicyclic amines) is 1. The minimum atomic E-state index is 0.703. The van der Waals surface area contributed by atoms with Crippen molar-refractivity contribution in [2.24, 2.45) is 11.7 Å². The fraction of sp³-hybridized carbons (Fsp3) is 0.769. The van der Waals surface area contributed by atoms with Gasteiger partial charge >= 0.3 is 0 Å². The van der Waals surface area contributed by atoms with E-state index in [-0.39, 0.29) is 0 Å². The number of rotatable bonds is 5. The first kappa shape index (κ1) is 12.6. The van der Waals surface area contributed by atoms with Crippen molar-refractivity contribution in [2.75, 3.05) is 26.7 Å². The van der Waals surface area contributed by atoms with E-state index >= 15 is 0 Å². The highest BCUT2D eigenvalue weighted by atomic mass is 16.4.